The van der Waals surface area contributed by atoms with Gasteiger partial charge in [0.15, 0.2) is 0 Å². The first-order valence-electron chi connectivity index (χ1n) is 5.51. The van der Waals surface area contributed by atoms with Gasteiger partial charge in [-0.3, -0.25) is 4.90 Å². The Bertz CT molecular complexity index is 387. The van der Waals surface area contributed by atoms with Crippen molar-refractivity contribution >= 4 is 0 Å². The van der Waals surface area contributed by atoms with E-state index < -0.39 is 6.10 Å². The van der Waals surface area contributed by atoms with Crippen LogP contribution in [0.5, 0.6) is 0 Å². The number of hydrogen-bond donors (Lipinski definition) is 1. The first kappa shape index (κ1) is 13.7. The van der Waals surface area contributed by atoms with Gasteiger partial charge >= 0.3 is 0 Å². The van der Waals surface area contributed by atoms with Crippen LogP contribution in [0.3, 0.4) is 0 Å². The molecule has 0 bridgehead atoms. The van der Waals surface area contributed by atoms with Gasteiger partial charge in [0.25, 0.3) is 0 Å². The summed E-state index contributed by atoms with van der Waals surface area (Å²) in [4.78, 5) is 1.97. The highest BCUT2D eigenvalue weighted by Gasteiger charge is 2.09. The number of rotatable bonds is 6. The fraction of sp³-hybridized carbons (Fsp3) is 0.462. The van der Waals surface area contributed by atoms with E-state index in [1.165, 1.54) is 0 Å². The number of hydrogen-bond acceptors (Lipinski definition) is 4. The van der Waals surface area contributed by atoms with Crippen molar-refractivity contribution in [3.63, 3.8) is 0 Å². The Hall–Kier alpha value is -1.41. The van der Waals surface area contributed by atoms with Crippen LogP contribution in [0, 0.1) is 11.3 Å². The first-order valence-corrected chi connectivity index (χ1v) is 5.51. The lowest BCUT2D eigenvalue weighted by atomic mass is 10.1. The molecule has 0 radical (unpaired) electrons. The molecule has 1 aromatic rings. The molecule has 0 saturated carbocycles. The van der Waals surface area contributed by atoms with Gasteiger partial charge in [-0.1, -0.05) is 18.2 Å². The molecule has 0 spiro atoms. The van der Waals surface area contributed by atoms with Crippen molar-refractivity contribution in [3.05, 3.63) is 35.4 Å². The highest BCUT2D eigenvalue weighted by molar-refractivity contribution is 5.37. The molecule has 1 N–H and O–H groups in total. The predicted molar refractivity (Wildman–Crippen MR) is 65.4 cm³/mol. The monoisotopic (exact) mass is 234 g/mol. The van der Waals surface area contributed by atoms with Gasteiger partial charge in [0, 0.05) is 20.2 Å². The summed E-state index contributed by atoms with van der Waals surface area (Å²) < 4.78 is 4.87. The van der Waals surface area contributed by atoms with E-state index in [2.05, 4.69) is 6.07 Å². The van der Waals surface area contributed by atoms with Crippen LogP contribution in [0.15, 0.2) is 24.3 Å². The maximum atomic E-state index is 9.59. The quantitative estimate of drug-likeness (QED) is 0.797. The minimum Gasteiger partial charge on any atom is -0.389 e. The van der Waals surface area contributed by atoms with Gasteiger partial charge in [0.1, 0.15) is 0 Å². The minimum atomic E-state index is -0.501. The van der Waals surface area contributed by atoms with Crippen molar-refractivity contribution in [2.24, 2.45) is 0 Å². The number of nitriles is 1. The number of nitrogens with zero attached hydrogens (tertiary/aromatic N) is 2. The normalized spacial score (nSPS) is 12.4. The second kappa shape index (κ2) is 7.02. The Morgan fingerprint density at radius 1 is 1.47 bits per heavy atom. The Morgan fingerprint density at radius 2 is 2.18 bits per heavy atom. The molecule has 17 heavy (non-hydrogen) atoms. The summed E-state index contributed by atoms with van der Waals surface area (Å²) in [5, 5.41) is 18.6. The topological polar surface area (TPSA) is 56.5 Å². The highest BCUT2D eigenvalue weighted by Crippen LogP contribution is 2.09. The van der Waals surface area contributed by atoms with Crippen LogP contribution in [0.1, 0.15) is 11.1 Å². The van der Waals surface area contributed by atoms with Crippen LogP contribution in [0.4, 0.5) is 0 Å². The van der Waals surface area contributed by atoms with E-state index in [0.717, 1.165) is 5.56 Å². The number of methoxy groups -OCH3 is 1. The second-order valence-electron chi connectivity index (χ2n) is 4.07. The Labute approximate surface area is 102 Å². The molecule has 0 aliphatic rings. The summed E-state index contributed by atoms with van der Waals surface area (Å²) in [5.41, 5.74) is 1.66. The van der Waals surface area contributed by atoms with Gasteiger partial charge in [0.2, 0.25) is 0 Å². The van der Waals surface area contributed by atoms with E-state index in [9.17, 15) is 5.11 Å². The SMILES string of the molecule is COCC(O)CN(C)Cc1ccccc1C#N. The van der Waals surface area contributed by atoms with Crippen molar-refractivity contribution in [1.29, 1.82) is 5.26 Å². The number of likely N-dealkylation sites (N-methyl/N-ethyl adjacent to an activating group) is 1. The molecule has 1 atom stereocenters. The lowest BCUT2D eigenvalue weighted by molar-refractivity contribution is 0.0418. The molecule has 1 unspecified atom stereocenters. The van der Waals surface area contributed by atoms with E-state index >= 15 is 0 Å². The zero-order chi connectivity index (χ0) is 12.7. The molecule has 0 aliphatic carbocycles. The van der Waals surface area contributed by atoms with Crippen LogP contribution >= 0.6 is 0 Å². The Kier molecular flexibility index (Phi) is 5.64. The number of aliphatic hydroxyl groups excluding tert-OH is 1. The molecule has 1 rings (SSSR count). The van der Waals surface area contributed by atoms with Gasteiger partial charge in [0.05, 0.1) is 24.3 Å². The average Bonchev–Trinajstić information content (AvgIpc) is 2.29. The molecule has 0 aliphatic heterocycles. The van der Waals surface area contributed by atoms with Crippen LogP contribution in [-0.2, 0) is 11.3 Å². The fourth-order valence-electron chi connectivity index (χ4n) is 1.73. The summed E-state index contributed by atoms with van der Waals surface area (Å²) in [6.45, 7) is 1.49. The van der Waals surface area contributed by atoms with Crippen molar-refractivity contribution < 1.29 is 9.84 Å². The second-order valence-corrected chi connectivity index (χ2v) is 4.07. The summed E-state index contributed by atoms with van der Waals surface area (Å²) in [5.74, 6) is 0. The van der Waals surface area contributed by atoms with Gasteiger partial charge in [-0.15, -0.1) is 0 Å². The summed E-state index contributed by atoms with van der Waals surface area (Å²) in [7, 11) is 3.47. The van der Waals surface area contributed by atoms with Crippen molar-refractivity contribution in [2.45, 2.75) is 12.6 Å². The number of benzene rings is 1. The fourth-order valence-corrected chi connectivity index (χ4v) is 1.73. The average molecular weight is 234 g/mol. The zero-order valence-corrected chi connectivity index (χ0v) is 10.3. The van der Waals surface area contributed by atoms with Gasteiger partial charge < -0.3 is 9.84 Å². The van der Waals surface area contributed by atoms with Gasteiger partial charge in [-0.25, -0.2) is 0 Å². The van der Waals surface area contributed by atoms with Crippen molar-refractivity contribution in [1.82, 2.24) is 4.90 Å². The summed E-state index contributed by atoms with van der Waals surface area (Å²) in [6, 6.07) is 9.66. The third-order valence-electron chi connectivity index (χ3n) is 2.46. The lowest BCUT2D eigenvalue weighted by Gasteiger charge is -2.20. The van der Waals surface area contributed by atoms with Crippen LogP contribution < -0.4 is 0 Å². The molecule has 0 heterocycles. The molecule has 1 aromatic carbocycles. The molecule has 0 fully saturated rings. The number of ether oxygens (including phenoxy) is 1. The number of aliphatic hydroxyl groups is 1. The van der Waals surface area contributed by atoms with E-state index in [1.54, 1.807) is 13.2 Å². The maximum Gasteiger partial charge on any atom is 0.0995 e. The first-order chi connectivity index (χ1) is 8.17. The van der Waals surface area contributed by atoms with Crippen molar-refractivity contribution in [3.8, 4) is 6.07 Å². The summed E-state index contributed by atoms with van der Waals surface area (Å²) >= 11 is 0. The van der Waals surface area contributed by atoms with E-state index in [4.69, 9.17) is 10.00 Å². The van der Waals surface area contributed by atoms with Crippen molar-refractivity contribution in [2.75, 3.05) is 27.3 Å². The van der Waals surface area contributed by atoms with Gasteiger partial charge in [-0.2, -0.15) is 5.26 Å². The Morgan fingerprint density at radius 3 is 2.82 bits per heavy atom. The van der Waals surface area contributed by atoms with Crippen LogP contribution in [-0.4, -0.2) is 43.4 Å². The molecule has 0 saturated heterocycles. The molecule has 0 aromatic heterocycles. The van der Waals surface area contributed by atoms with E-state index in [-0.39, 0.29) is 0 Å². The largest absolute Gasteiger partial charge is 0.389 e. The van der Waals surface area contributed by atoms with Gasteiger partial charge in [-0.05, 0) is 18.7 Å². The minimum absolute atomic E-state index is 0.324. The van der Waals surface area contributed by atoms with E-state index in [1.807, 2.05) is 30.1 Å². The summed E-state index contributed by atoms with van der Waals surface area (Å²) in [6.07, 6.45) is -0.501. The Balaban J connectivity index is 2.56. The third kappa shape index (κ3) is 4.53. The lowest BCUT2D eigenvalue weighted by Crippen LogP contribution is -2.31. The highest BCUT2D eigenvalue weighted by atomic mass is 16.5. The molecular weight excluding hydrogens is 216 g/mol. The third-order valence-corrected chi connectivity index (χ3v) is 2.46. The molecule has 4 heteroatoms. The van der Waals surface area contributed by atoms with Crippen LogP contribution in [0.25, 0.3) is 0 Å². The molecular formula is C13H18N2O2. The smallest absolute Gasteiger partial charge is 0.0995 e. The predicted octanol–water partition coefficient (Wildman–Crippen LogP) is 0.997. The molecule has 92 valence electrons. The van der Waals surface area contributed by atoms with Crippen LogP contribution in [0.2, 0.25) is 0 Å². The van der Waals surface area contributed by atoms with E-state index in [0.29, 0.717) is 25.3 Å². The molecule has 4 nitrogen and oxygen atoms in total. The zero-order valence-electron chi connectivity index (χ0n) is 10.3. The maximum absolute atomic E-state index is 9.59. The molecule has 0 amide bonds. The standard InChI is InChI=1S/C13H18N2O2/c1-15(9-13(16)10-17-2)8-12-6-4-3-5-11(12)7-14/h3-6,13,16H,8-10H2,1-2H3.